The van der Waals surface area contributed by atoms with E-state index in [2.05, 4.69) is 0 Å². The first-order valence-corrected chi connectivity index (χ1v) is 10.2. The summed E-state index contributed by atoms with van der Waals surface area (Å²) in [4.78, 5) is 12.9. The number of ether oxygens (including phenoxy) is 4. The topological polar surface area (TPSA) is 77.8 Å². The van der Waals surface area contributed by atoms with Gasteiger partial charge in [0.05, 0.1) is 7.11 Å². The lowest BCUT2D eigenvalue weighted by atomic mass is 10.1. The quantitative estimate of drug-likeness (QED) is 0.405. The number of carbonyl (C=O) groups excluding carboxylic acids is 1. The first kappa shape index (κ1) is 22.7. The Morgan fingerprint density at radius 2 is 1.50 bits per heavy atom. The van der Waals surface area contributed by atoms with Crippen LogP contribution in [-0.2, 0) is 9.53 Å². The van der Waals surface area contributed by atoms with Crippen LogP contribution in [0.15, 0.2) is 78.9 Å². The van der Waals surface area contributed by atoms with Crippen molar-refractivity contribution < 1.29 is 23.7 Å². The Morgan fingerprint density at radius 3 is 2.19 bits per heavy atom. The van der Waals surface area contributed by atoms with Crippen molar-refractivity contribution in [3.05, 3.63) is 84.4 Å². The molecule has 6 nitrogen and oxygen atoms in total. The van der Waals surface area contributed by atoms with Crippen LogP contribution in [-0.4, -0.2) is 19.2 Å². The van der Waals surface area contributed by atoms with E-state index in [4.69, 9.17) is 18.9 Å². The van der Waals surface area contributed by atoms with E-state index < -0.39 is 18.2 Å². The fraction of sp³-hybridized carbons (Fsp3) is 0.231. The molecule has 0 aliphatic carbocycles. The monoisotopic (exact) mass is 431 g/mol. The van der Waals surface area contributed by atoms with E-state index in [-0.39, 0.29) is 5.92 Å². The molecule has 0 fully saturated rings. The minimum Gasteiger partial charge on any atom is -0.497 e. The summed E-state index contributed by atoms with van der Waals surface area (Å²) in [5.41, 5.74) is 0.512. The van der Waals surface area contributed by atoms with E-state index in [1.807, 2.05) is 50.2 Å². The minimum absolute atomic E-state index is 0.180. The van der Waals surface area contributed by atoms with Gasteiger partial charge < -0.3 is 18.9 Å². The molecule has 3 rings (SSSR count). The van der Waals surface area contributed by atoms with Gasteiger partial charge in [-0.15, -0.1) is 0 Å². The number of nitriles is 1. The lowest BCUT2D eigenvalue weighted by Gasteiger charge is -2.23. The molecule has 6 heteroatoms. The molecule has 0 saturated heterocycles. The number of esters is 1. The van der Waals surface area contributed by atoms with E-state index in [0.29, 0.717) is 28.6 Å². The minimum atomic E-state index is -1.10. The molecule has 0 amide bonds. The highest BCUT2D eigenvalue weighted by Crippen LogP contribution is 2.27. The molecule has 3 aromatic carbocycles. The second-order valence-corrected chi connectivity index (χ2v) is 7.40. The number of carbonyl (C=O) groups is 1. The summed E-state index contributed by atoms with van der Waals surface area (Å²) < 4.78 is 22.4. The van der Waals surface area contributed by atoms with Crippen LogP contribution in [0.5, 0.6) is 23.0 Å². The van der Waals surface area contributed by atoms with Crippen LogP contribution in [0.3, 0.4) is 0 Å². The van der Waals surface area contributed by atoms with Gasteiger partial charge in [0.25, 0.3) is 0 Å². The standard InChI is InChI=1S/C26H25NO5/c1-18(2)25(31-23-14-8-12-21(16-23)29-3)26(28)32-24(17-27)19-9-7-13-22(15-19)30-20-10-5-4-6-11-20/h4-16,18,24-25H,1-3H3. The Bertz CT molecular complexity index is 1070. The molecule has 0 N–H and O–H groups in total. The zero-order valence-electron chi connectivity index (χ0n) is 18.2. The number of hydrogen-bond donors (Lipinski definition) is 0. The lowest BCUT2D eigenvalue weighted by Crippen LogP contribution is -2.35. The highest BCUT2D eigenvalue weighted by Gasteiger charge is 2.29. The van der Waals surface area contributed by atoms with Crippen LogP contribution in [0, 0.1) is 17.2 Å². The van der Waals surface area contributed by atoms with E-state index in [1.54, 1.807) is 55.6 Å². The second kappa shape index (κ2) is 10.9. The first-order chi connectivity index (χ1) is 15.5. The maximum Gasteiger partial charge on any atom is 0.349 e. The van der Waals surface area contributed by atoms with Gasteiger partial charge in [-0.2, -0.15) is 5.26 Å². The molecule has 0 spiro atoms. The molecular weight excluding hydrogens is 406 g/mol. The van der Waals surface area contributed by atoms with Crippen LogP contribution >= 0.6 is 0 Å². The molecule has 0 heterocycles. The van der Waals surface area contributed by atoms with Crippen LogP contribution < -0.4 is 14.2 Å². The number of rotatable bonds is 9. The second-order valence-electron chi connectivity index (χ2n) is 7.40. The molecule has 0 radical (unpaired) electrons. The summed E-state index contributed by atoms with van der Waals surface area (Å²) in [6, 6.07) is 25.2. The van der Waals surface area contributed by atoms with Crippen molar-refractivity contribution in [1.29, 1.82) is 5.26 Å². The summed E-state index contributed by atoms with van der Waals surface area (Å²) in [5.74, 6) is 1.50. The van der Waals surface area contributed by atoms with Gasteiger partial charge in [-0.1, -0.05) is 50.2 Å². The molecule has 2 unspecified atom stereocenters. The van der Waals surface area contributed by atoms with Crippen LogP contribution in [0.2, 0.25) is 0 Å². The van der Waals surface area contributed by atoms with Crippen LogP contribution in [0.4, 0.5) is 0 Å². The summed E-state index contributed by atoms with van der Waals surface area (Å²) in [6.07, 6.45) is -1.99. The summed E-state index contributed by atoms with van der Waals surface area (Å²) >= 11 is 0. The van der Waals surface area contributed by atoms with Crippen molar-refractivity contribution in [3.8, 4) is 29.1 Å². The molecule has 0 aromatic heterocycles. The average Bonchev–Trinajstić information content (AvgIpc) is 2.81. The van der Waals surface area contributed by atoms with Crippen molar-refractivity contribution in [2.75, 3.05) is 7.11 Å². The molecule has 0 aliphatic rings. The molecular formula is C26H25NO5. The van der Waals surface area contributed by atoms with E-state index in [1.165, 1.54) is 0 Å². The largest absolute Gasteiger partial charge is 0.497 e. The Labute approximate surface area is 187 Å². The molecule has 0 aliphatic heterocycles. The van der Waals surface area contributed by atoms with Crippen molar-refractivity contribution in [1.82, 2.24) is 0 Å². The van der Waals surface area contributed by atoms with Crippen molar-refractivity contribution >= 4 is 5.97 Å². The van der Waals surface area contributed by atoms with Crippen LogP contribution in [0.1, 0.15) is 25.5 Å². The predicted molar refractivity (Wildman–Crippen MR) is 120 cm³/mol. The fourth-order valence-electron chi connectivity index (χ4n) is 3.00. The van der Waals surface area contributed by atoms with Gasteiger partial charge in [-0.25, -0.2) is 4.79 Å². The van der Waals surface area contributed by atoms with Gasteiger partial charge in [0.2, 0.25) is 6.10 Å². The fourth-order valence-corrected chi connectivity index (χ4v) is 3.00. The summed E-state index contributed by atoms with van der Waals surface area (Å²) in [5, 5.41) is 9.66. The third-order valence-electron chi connectivity index (χ3n) is 4.63. The Balaban J connectivity index is 1.73. The van der Waals surface area contributed by atoms with E-state index >= 15 is 0 Å². The van der Waals surface area contributed by atoms with Crippen molar-refractivity contribution in [3.63, 3.8) is 0 Å². The Kier molecular flexibility index (Phi) is 7.71. The molecule has 3 aromatic rings. The normalized spacial score (nSPS) is 12.3. The first-order valence-electron chi connectivity index (χ1n) is 10.2. The third kappa shape index (κ3) is 6.02. The van der Waals surface area contributed by atoms with Crippen molar-refractivity contribution in [2.45, 2.75) is 26.1 Å². The Morgan fingerprint density at radius 1 is 0.844 bits per heavy atom. The molecule has 0 bridgehead atoms. The van der Waals surface area contributed by atoms with Crippen LogP contribution in [0.25, 0.3) is 0 Å². The van der Waals surface area contributed by atoms with E-state index in [0.717, 1.165) is 0 Å². The van der Waals surface area contributed by atoms with Gasteiger partial charge in [0, 0.05) is 17.5 Å². The van der Waals surface area contributed by atoms with Gasteiger partial charge in [0.1, 0.15) is 29.1 Å². The Hall–Kier alpha value is -3.98. The SMILES string of the molecule is COc1cccc(OC(C(=O)OC(C#N)c2cccc(Oc3ccccc3)c2)C(C)C)c1. The average molecular weight is 431 g/mol. The van der Waals surface area contributed by atoms with Gasteiger partial charge >= 0.3 is 5.97 Å². The smallest absolute Gasteiger partial charge is 0.349 e. The number of benzene rings is 3. The molecule has 164 valence electrons. The van der Waals surface area contributed by atoms with Gasteiger partial charge in [-0.05, 0) is 36.4 Å². The highest BCUT2D eigenvalue weighted by atomic mass is 16.6. The zero-order valence-corrected chi connectivity index (χ0v) is 18.2. The molecule has 0 saturated carbocycles. The molecule has 32 heavy (non-hydrogen) atoms. The predicted octanol–water partition coefficient (Wildman–Crippen LogP) is 5.70. The van der Waals surface area contributed by atoms with Crippen molar-refractivity contribution in [2.24, 2.45) is 5.92 Å². The maximum absolute atomic E-state index is 12.9. The van der Waals surface area contributed by atoms with Gasteiger partial charge in [-0.3, -0.25) is 0 Å². The summed E-state index contributed by atoms with van der Waals surface area (Å²) in [6.45, 7) is 3.70. The number of methoxy groups -OCH3 is 1. The highest BCUT2D eigenvalue weighted by molar-refractivity contribution is 5.76. The summed E-state index contributed by atoms with van der Waals surface area (Å²) in [7, 11) is 1.56. The number of hydrogen-bond acceptors (Lipinski definition) is 6. The zero-order chi connectivity index (χ0) is 22.9. The third-order valence-corrected chi connectivity index (χ3v) is 4.63. The van der Waals surface area contributed by atoms with Gasteiger partial charge in [0.15, 0.2) is 6.10 Å². The number of para-hydroxylation sites is 1. The maximum atomic E-state index is 12.9. The van der Waals surface area contributed by atoms with E-state index in [9.17, 15) is 10.1 Å². The lowest BCUT2D eigenvalue weighted by molar-refractivity contribution is -0.157. The number of nitrogens with zero attached hydrogens (tertiary/aromatic N) is 1. The molecule has 2 atom stereocenters.